The van der Waals surface area contributed by atoms with Gasteiger partial charge in [0, 0.05) is 18.7 Å². The molecule has 5 nitrogen and oxygen atoms in total. The predicted octanol–water partition coefficient (Wildman–Crippen LogP) is 1.90. The summed E-state index contributed by atoms with van der Waals surface area (Å²) in [5.74, 6) is 0.185. The molecule has 19 heavy (non-hydrogen) atoms. The summed E-state index contributed by atoms with van der Waals surface area (Å²) in [4.78, 5) is 10.9. The Morgan fingerprint density at radius 2 is 2.16 bits per heavy atom. The molecule has 1 aliphatic heterocycles. The van der Waals surface area contributed by atoms with Crippen molar-refractivity contribution in [1.29, 1.82) is 0 Å². The molecule has 0 radical (unpaired) electrons. The summed E-state index contributed by atoms with van der Waals surface area (Å²) in [6.45, 7) is 1.41. The van der Waals surface area contributed by atoms with Gasteiger partial charge in [-0.05, 0) is 24.6 Å². The molecule has 2 N–H and O–H groups in total. The van der Waals surface area contributed by atoms with E-state index in [0.717, 1.165) is 5.69 Å². The Bertz CT molecular complexity index is 601. The first-order chi connectivity index (χ1) is 8.85. The molecule has 0 aliphatic carbocycles. The van der Waals surface area contributed by atoms with E-state index in [1.165, 1.54) is 6.92 Å². The molecule has 1 aromatic rings. The minimum absolute atomic E-state index is 0.0762. The fourth-order valence-corrected chi connectivity index (χ4v) is 3.94. The normalized spacial score (nSPS) is 21.1. The second kappa shape index (κ2) is 5.38. The van der Waals surface area contributed by atoms with Gasteiger partial charge in [0.2, 0.25) is 5.91 Å². The van der Waals surface area contributed by atoms with Crippen LogP contribution in [0.15, 0.2) is 18.2 Å². The average Bonchev–Trinajstić information content (AvgIpc) is 2.61. The lowest BCUT2D eigenvalue weighted by molar-refractivity contribution is -0.114. The van der Waals surface area contributed by atoms with Crippen molar-refractivity contribution in [3.8, 4) is 0 Å². The molecule has 1 atom stereocenters. The van der Waals surface area contributed by atoms with Gasteiger partial charge in [0.1, 0.15) is 0 Å². The van der Waals surface area contributed by atoms with E-state index in [9.17, 15) is 13.2 Å². The highest BCUT2D eigenvalue weighted by Gasteiger charge is 2.27. The van der Waals surface area contributed by atoms with Gasteiger partial charge in [0.15, 0.2) is 9.84 Å². The smallest absolute Gasteiger partial charge is 0.221 e. The Morgan fingerprint density at radius 3 is 2.68 bits per heavy atom. The SMILES string of the molecule is CC(=O)Nc1ccc(NC2CCS(=O)(=O)C2)cc1Cl. The van der Waals surface area contributed by atoms with Crippen LogP contribution in [0.4, 0.5) is 11.4 Å². The molecule has 1 fully saturated rings. The van der Waals surface area contributed by atoms with Gasteiger partial charge >= 0.3 is 0 Å². The second-order valence-electron chi connectivity index (χ2n) is 4.62. The van der Waals surface area contributed by atoms with Gasteiger partial charge in [-0.15, -0.1) is 0 Å². The number of rotatable bonds is 3. The number of carbonyl (C=O) groups excluding carboxylic acids is 1. The van der Waals surface area contributed by atoms with Crippen molar-refractivity contribution in [2.45, 2.75) is 19.4 Å². The van der Waals surface area contributed by atoms with E-state index in [2.05, 4.69) is 10.6 Å². The molecule has 0 spiro atoms. The monoisotopic (exact) mass is 302 g/mol. The number of nitrogens with one attached hydrogen (secondary N) is 2. The highest BCUT2D eigenvalue weighted by Crippen LogP contribution is 2.27. The van der Waals surface area contributed by atoms with E-state index >= 15 is 0 Å². The maximum absolute atomic E-state index is 11.4. The van der Waals surface area contributed by atoms with Crippen LogP contribution in [-0.4, -0.2) is 31.9 Å². The van der Waals surface area contributed by atoms with Crippen LogP contribution in [0, 0.1) is 0 Å². The number of hydrogen-bond donors (Lipinski definition) is 2. The number of sulfone groups is 1. The number of hydrogen-bond acceptors (Lipinski definition) is 4. The Balaban J connectivity index is 2.06. The summed E-state index contributed by atoms with van der Waals surface area (Å²) in [5.41, 5.74) is 1.29. The predicted molar refractivity (Wildman–Crippen MR) is 76.4 cm³/mol. The maximum Gasteiger partial charge on any atom is 0.221 e. The van der Waals surface area contributed by atoms with Gasteiger partial charge in [0.25, 0.3) is 0 Å². The van der Waals surface area contributed by atoms with Gasteiger partial charge in [0.05, 0.1) is 22.2 Å². The first-order valence-electron chi connectivity index (χ1n) is 5.90. The third-order valence-corrected chi connectivity index (χ3v) is 4.96. The number of amides is 1. The lowest BCUT2D eigenvalue weighted by atomic mass is 10.2. The summed E-state index contributed by atoms with van der Waals surface area (Å²) in [6.07, 6.45) is 0.605. The number of halogens is 1. The minimum Gasteiger partial charge on any atom is -0.381 e. The molecule has 0 saturated carbocycles. The molecule has 0 bridgehead atoms. The molecule has 2 rings (SSSR count). The maximum atomic E-state index is 11.4. The van der Waals surface area contributed by atoms with E-state index in [1.54, 1.807) is 18.2 Å². The standard InChI is InChI=1S/C12H15ClN2O3S/c1-8(16)14-12-3-2-9(6-11(12)13)15-10-4-5-19(17,18)7-10/h2-3,6,10,15H,4-5,7H2,1H3,(H,14,16). The molecule has 1 aliphatic rings. The van der Waals surface area contributed by atoms with Crippen molar-refractivity contribution >= 4 is 38.7 Å². The molecular formula is C12H15ClN2O3S. The van der Waals surface area contributed by atoms with Gasteiger partial charge in [-0.1, -0.05) is 11.6 Å². The number of anilines is 2. The Kier molecular flexibility index (Phi) is 4.01. The van der Waals surface area contributed by atoms with E-state index in [0.29, 0.717) is 17.1 Å². The summed E-state index contributed by atoms with van der Waals surface area (Å²) in [6, 6.07) is 5.06. The van der Waals surface area contributed by atoms with Crippen LogP contribution >= 0.6 is 11.6 Å². The summed E-state index contributed by atoms with van der Waals surface area (Å²) in [7, 11) is -2.90. The summed E-state index contributed by atoms with van der Waals surface area (Å²) >= 11 is 6.04. The third-order valence-electron chi connectivity index (χ3n) is 2.88. The number of benzene rings is 1. The second-order valence-corrected chi connectivity index (χ2v) is 7.26. The number of carbonyl (C=O) groups is 1. The quantitative estimate of drug-likeness (QED) is 0.894. The van der Waals surface area contributed by atoms with Crippen LogP contribution in [0.1, 0.15) is 13.3 Å². The van der Waals surface area contributed by atoms with Gasteiger partial charge in [-0.25, -0.2) is 8.42 Å². The molecule has 1 unspecified atom stereocenters. The van der Waals surface area contributed by atoms with Crippen LogP contribution < -0.4 is 10.6 Å². The van der Waals surface area contributed by atoms with E-state index in [1.807, 2.05) is 0 Å². The highest BCUT2D eigenvalue weighted by molar-refractivity contribution is 7.91. The van der Waals surface area contributed by atoms with Crippen molar-refractivity contribution in [1.82, 2.24) is 0 Å². The van der Waals surface area contributed by atoms with Crippen LogP contribution in [0.5, 0.6) is 0 Å². The van der Waals surface area contributed by atoms with Gasteiger partial charge in [-0.2, -0.15) is 0 Å². The zero-order valence-electron chi connectivity index (χ0n) is 10.4. The summed E-state index contributed by atoms with van der Waals surface area (Å²) in [5, 5.41) is 6.17. The highest BCUT2D eigenvalue weighted by atomic mass is 35.5. The van der Waals surface area contributed by atoms with Gasteiger partial charge < -0.3 is 10.6 Å². The van der Waals surface area contributed by atoms with Crippen LogP contribution in [0.2, 0.25) is 5.02 Å². The van der Waals surface area contributed by atoms with Crippen molar-refractivity contribution in [2.75, 3.05) is 22.1 Å². The van der Waals surface area contributed by atoms with Crippen molar-refractivity contribution in [3.63, 3.8) is 0 Å². The van der Waals surface area contributed by atoms with Crippen LogP contribution in [-0.2, 0) is 14.6 Å². The average molecular weight is 303 g/mol. The minimum atomic E-state index is -2.90. The molecular weight excluding hydrogens is 288 g/mol. The molecule has 1 amide bonds. The lowest BCUT2D eigenvalue weighted by Gasteiger charge is -2.14. The van der Waals surface area contributed by atoms with Crippen LogP contribution in [0.25, 0.3) is 0 Å². The first-order valence-corrected chi connectivity index (χ1v) is 8.10. The Labute approximate surface area is 117 Å². The Morgan fingerprint density at radius 1 is 1.42 bits per heavy atom. The van der Waals surface area contributed by atoms with E-state index in [4.69, 9.17) is 11.6 Å². The molecule has 7 heteroatoms. The van der Waals surface area contributed by atoms with Gasteiger partial charge in [-0.3, -0.25) is 4.79 Å². The lowest BCUT2D eigenvalue weighted by Crippen LogP contribution is -2.20. The van der Waals surface area contributed by atoms with Crippen LogP contribution in [0.3, 0.4) is 0 Å². The van der Waals surface area contributed by atoms with Crippen molar-refractivity contribution in [2.24, 2.45) is 0 Å². The molecule has 1 aromatic carbocycles. The molecule has 0 aromatic heterocycles. The molecule has 1 heterocycles. The van der Waals surface area contributed by atoms with Crippen molar-refractivity contribution in [3.05, 3.63) is 23.2 Å². The zero-order chi connectivity index (χ0) is 14.0. The van der Waals surface area contributed by atoms with E-state index < -0.39 is 9.84 Å². The zero-order valence-corrected chi connectivity index (χ0v) is 12.0. The third kappa shape index (κ3) is 3.84. The first kappa shape index (κ1) is 14.1. The fourth-order valence-electron chi connectivity index (χ4n) is 2.04. The molecule has 104 valence electrons. The topological polar surface area (TPSA) is 75.3 Å². The largest absolute Gasteiger partial charge is 0.381 e. The fraction of sp³-hybridized carbons (Fsp3) is 0.417. The summed E-state index contributed by atoms with van der Waals surface area (Å²) < 4.78 is 22.7. The van der Waals surface area contributed by atoms with E-state index in [-0.39, 0.29) is 23.5 Å². The Hall–Kier alpha value is -1.27. The van der Waals surface area contributed by atoms with Crippen molar-refractivity contribution < 1.29 is 13.2 Å². The molecule has 1 saturated heterocycles.